The van der Waals surface area contributed by atoms with Gasteiger partial charge in [-0.3, -0.25) is 9.79 Å². The Hall–Kier alpha value is -1.19. The Morgan fingerprint density at radius 1 is 0.913 bits per heavy atom. The first kappa shape index (κ1) is 18.2. The van der Waals surface area contributed by atoms with Crippen molar-refractivity contribution >= 4 is 18.0 Å². The highest BCUT2D eigenvalue weighted by molar-refractivity contribution is 6.23. The van der Waals surface area contributed by atoms with Crippen LogP contribution in [0, 0.1) is 5.92 Å². The molecule has 0 aromatic carbocycles. The molecule has 0 aromatic rings. The average Bonchev–Trinajstić information content (AvgIpc) is 2.55. The fourth-order valence-corrected chi connectivity index (χ4v) is 3.71. The van der Waals surface area contributed by atoms with Crippen LogP contribution in [0.25, 0.3) is 0 Å². The number of carbonyl (C=O) groups is 2. The van der Waals surface area contributed by atoms with Crippen LogP contribution < -0.4 is 0 Å². The number of Topliss-reactive ketones (excluding diaryl/α,β-unsaturated/α-hetero) is 1. The van der Waals surface area contributed by atoms with Gasteiger partial charge in [-0.05, 0) is 45.4 Å². The zero-order valence-corrected chi connectivity index (χ0v) is 14.5. The highest BCUT2D eigenvalue weighted by atomic mass is 16.5. The summed E-state index contributed by atoms with van der Waals surface area (Å²) in [6.45, 7) is 1.79. The highest BCUT2D eigenvalue weighted by Gasteiger charge is 2.25. The molecule has 0 heterocycles. The van der Waals surface area contributed by atoms with Crippen LogP contribution in [-0.2, 0) is 14.3 Å². The first-order valence-corrected chi connectivity index (χ1v) is 9.44. The Morgan fingerprint density at radius 2 is 1.43 bits per heavy atom. The van der Waals surface area contributed by atoms with Crippen LogP contribution in [0.5, 0.6) is 0 Å². The summed E-state index contributed by atoms with van der Waals surface area (Å²) < 4.78 is 5.50. The van der Waals surface area contributed by atoms with E-state index in [2.05, 4.69) is 4.99 Å². The van der Waals surface area contributed by atoms with Crippen LogP contribution in [0.2, 0.25) is 0 Å². The Kier molecular flexibility index (Phi) is 7.77. The lowest BCUT2D eigenvalue weighted by molar-refractivity contribution is -0.141. The van der Waals surface area contributed by atoms with E-state index >= 15 is 0 Å². The normalized spacial score (nSPS) is 23.2. The third-order valence-electron chi connectivity index (χ3n) is 5.16. The first-order chi connectivity index (χ1) is 11.2. The molecule has 0 radical (unpaired) electrons. The van der Waals surface area contributed by atoms with Gasteiger partial charge in [-0.15, -0.1) is 0 Å². The molecule has 130 valence electrons. The van der Waals surface area contributed by atoms with E-state index in [0.717, 1.165) is 51.4 Å². The molecule has 0 spiro atoms. The monoisotopic (exact) mass is 321 g/mol. The molecule has 2 aliphatic rings. The molecule has 0 aromatic heterocycles. The minimum atomic E-state index is -0.428. The van der Waals surface area contributed by atoms with Crippen LogP contribution >= 0.6 is 0 Å². The highest BCUT2D eigenvalue weighted by Crippen LogP contribution is 2.25. The van der Waals surface area contributed by atoms with Crippen molar-refractivity contribution in [2.45, 2.75) is 96.1 Å². The van der Waals surface area contributed by atoms with Gasteiger partial charge in [-0.25, -0.2) is 4.79 Å². The number of esters is 1. The topological polar surface area (TPSA) is 55.7 Å². The van der Waals surface area contributed by atoms with Gasteiger partial charge in [0.15, 0.2) is 5.78 Å². The fraction of sp³-hybridized carbons (Fsp3) is 0.842. The van der Waals surface area contributed by atoms with E-state index in [9.17, 15) is 9.59 Å². The molecular weight excluding hydrogens is 290 g/mol. The third kappa shape index (κ3) is 6.44. The molecule has 0 saturated heterocycles. The van der Waals surface area contributed by atoms with Crippen molar-refractivity contribution in [1.82, 2.24) is 0 Å². The van der Waals surface area contributed by atoms with Crippen molar-refractivity contribution in [3.05, 3.63) is 0 Å². The largest absolute Gasteiger partial charge is 0.458 e. The van der Waals surface area contributed by atoms with Gasteiger partial charge < -0.3 is 4.74 Å². The summed E-state index contributed by atoms with van der Waals surface area (Å²) in [5.41, 5.74) is 0. The molecule has 2 aliphatic carbocycles. The molecule has 0 aliphatic heterocycles. The second-order valence-electron chi connectivity index (χ2n) is 7.10. The van der Waals surface area contributed by atoms with Crippen LogP contribution in [0.4, 0.5) is 0 Å². The third-order valence-corrected chi connectivity index (χ3v) is 5.16. The zero-order chi connectivity index (χ0) is 16.5. The molecule has 2 saturated carbocycles. The molecular formula is C19H31NO3. The van der Waals surface area contributed by atoms with Gasteiger partial charge in [0.05, 0.1) is 0 Å². The fourth-order valence-electron chi connectivity index (χ4n) is 3.71. The predicted octanol–water partition coefficient (Wildman–Crippen LogP) is 4.25. The smallest absolute Gasteiger partial charge is 0.349 e. The number of rotatable bonds is 5. The van der Waals surface area contributed by atoms with E-state index in [-0.39, 0.29) is 23.8 Å². The Labute approximate surface area is 140 Å². The van der Waals surface area contributed by atoms with Crippen LogP contribution in [0.15, 0.2) is 4.99 Å². The summed E-state index contributed by atoms with van der Waals surface area (Å²) in [5.74, 6) is -0.0731. The van der Waals surface area contributed by atoms with Crippen LogP contribution in [0.1, 0.15) is 84.0 Å². The molecule has 0 bridgehead atoms. The SMILES string of the molecule is C[C@H](N=CC(=O)OC1CCCCCCC1)C(=O)C1CCCCC1. The first-order valence-electron chi connectivity index (χ1n) is 9.44. The number of carbonyl (C=O) groups excluding carboxylic acids is 2. The van der Waals surface area contributed by atoms with E-state index in [1.54, 1.807) is 6.92 Å². The molecule has 0 amide bonds. The maximum Gasteiger partial charge on any atom is 0.349 e. The summed E-state index contributed by atoms with van der Waals surface area (Å²) in [5, 5.41) is 0. The lowest BCUT2D eigenvalue weighted by atomic mass is 9.84. The van der Waals surface area contributed by atoms with E-state index in [4.69, 9.17) is 4.74 Å². The van der Waals surface area contributed by atoms with Crippen molar-refractivity contribution in [3.8, 4) is 0 Å². The summed E-state index contributed by atoms with van der Waals surface area (Å²) in [4.78, 5) is 28.4. The molecule has 4 heteroatoms. The lowest BCUT2D eigenvalue weighted by Crippen LogP contribution is -2.27. The number of hydrogen-bond acceptors (Lipinski definition) is 4. The van der Waals surface area contributed by atoms with Gasteiger partial charge in [-0.2, -0.15) is 0 Å². The zero-order valence-electron chi connectivity index (χ0n) is 14.5. The average molecular weight is 321 g/mol. The predicted molar refractivity (Wildman–Crippen MR) is 91.7 cm³/mol. The minimum absolute atomic E-state index is 0.0265. The number of ketones is 1. The van der Waals surface area contributed by atoms with Gasteiger partial charge in [0.25, 0.3) is 0 Å². The van der Waals surface area contributed by atoms with Crippen molar-refractivity contribution in [1.29, 1.82) is 0 Å². The van der Waals surface area contributed by atoms with Crippen molar-refractivity contribution in [3.63, 3.8) is 0 Å². The van der Waals surface area contributed by atoms with Gasteiger partial charge in [0, 0.05) is 5.92 Å². The minimum Gasteiger partial charge on any atom is -0.458 e. The van der Waals surface area contributed by atoms with Crippen molar-refractivity contribution < 1.29 is 14.3 Å². The molecule has 2 fully saturated rings. The Bertz CT molecular complexity index is 405. The number of aliphatic imine (C=N–C) groups is 1. The number of nitrogens with zero attached hydrogens (tertiary/aromatic N) is 1. The molecule has 0 N–H and O–H groups in total. The molecule has 23 heavy (non-hydrogen) atoms. The Balaban J connectivity index is 1.76. The van der Waals surface area contributed by atoms with Gasteiger partial charge in [-0.1, -0.05) is 38.5 Å². The maximum absolute atomic E-state index is 12.3. The van der Waals surface area contributed by atoms with E-state index in [0.29, 0.717) is 0 Å². The van der Waals surface area contributed by atoms with E-state index < -0.39 is 6.04 Å². The quantitative estimate of drug-likeness (QED) is 0.562. The Morgan fingerprint density at radius 3 is 2.09 bits per heavy atom. The summed E-state index contributed by atoms with van der Waals surface area (Å²) in [6.07, 6.45) is 14.6. The van der Waals surface area contributed by atoms with E-state index in [1.165, 1.54) is 31.9 Å². The van der Waals surface area contributed by atoms with Crippen LogP contribution in [-0.4, -0.2) is 30.1 Å². The van der Waals surface area contributed by atoms with Gasteiger partial charge in [0.1, 0.15) is 18.4 Å². The number of ether oxygens (including phenoxy) is 1. The van der Waals surface area contributed by atoms with Crippen LogP contribution in [0.3, 0.4) is 0 Å². The summed E-state index contributed by atoms with van der Waals surface area (Å²) in [6, 6.07) is -0.428. The second kappa shape index (κ2) is 9.84. The summed E-state index contributed by atoms with van der Waals surface area (Å²) in [7, 11) is 0. The second-order valence-corrected chi connectivity index (χ2v) is 7.10. The molecule has 0 unspecified atom stereocenters. The molecule has 2 rings (SSSR count). The van der Waals surface area contributed by atoms with E-state index in [1.807, 2.05) is 0 Å². The molecule has 4 nitrogen and oxygen atoms in total. The lowest BCUT2D eigenvalue weighted by Gasteiger charge is -2.22. The molecule has 1 atom stereocenters. The summed E-state index contributed by atoms with van der Waals surface area (Å²) >= 11 is 0. The maximum atomic E-state index is 12.3. The number of hydrogen-bond donors (Lipinski definition) is 0. The van der Waals surface area contributed by atoms with Gasteiger partial charge >= 0.3 is 5.97 Å². The van der Waals surface area contributed by atoms with Crippen molar-refractivity contribution in [2.75, 3.05) is 0 Å². The standard InChI is InChI=1S/C19H31NO3/c1-15(19(22)16-10-6-5-7-11-16)20-14-18(21)23-17-12-8-3-2-4-9-13-17/h14-17H,2-13H2,1H3/t15-/m0/s1. The van der Waals surface area contributed by atoms with Crippen molar-refractivity contribution in [2.24, 2.45) is 10.9 Å². The van der Waals surface area contributed by atoms with Gasteiger partial charge in [0.2, 0.25) is 0 Å².